The third kappa shape index (κ3) is 5.38. The zero-order valence-electron chi connectivity index (χ0n) is 25.2. The molecule has 0 unspecified atom stereocenters. The van der Waals surface area contributed by atoms with Crippen LogP contribution in [-0.4, -0.2) is 75.1 Å². The average molecular weight is 566 g/mol. The van der Waals surface area contributed by atoms with Gasteiger partial charge in [0.15, 0.2) is 0 Å². The van der Waals surface area contributed by atoms with Gasteiger partial charge in [0.05, 0.1) is 15.8 Å². The van der Waals surface area contributed by atoms with E-state index in [0.717, 1.165) is 21.9 Å². The minimum absolute atomic E-state index is 0.0222. The maximum absolute atomic E-state index is 14.2. The molecule has 0 aliphatic carbocycles. The summed E-state index contributed by atoms with van der Waals surface area (Å²) < 4.78 is 16.1. The van der Waals surface area contributed by atoms with Crippen LogP contribution in [0.25, 0.3) is 10.8 Å². The molecule has 0 saturated carbocycles. The summed E-state index contributed by atoms with van der Waals surface area (Å²) in [5, 5.41) is 18.1. The number of hydrogen-bond donors (Lipinski definition) is 2. The molecule has 4 aromatic carbocycles. The van der Waals surface area contributed by atoms with E-state index in [-0.39, 0.29) is 50.0 Å². The number of nitrogens with one attached hydrogen (secondary N) is 1. The Hall–Kier alpha value is -4.89. The van der Waals surface area contributed by atoms with Crippen LogP contribution in [0.4, 0.5) is 4.79 Å². The Morgan fingerprint density at radius 3 is 2.45 bits per heavy atom. The zero-order valence-corrected chi connectivity index (χ0v) is 23.2. The van der Waals surface area contributed by atoms with Crippen molar-refractivity contribution in [3.63, 3.8) is 0 Å². The highest BCUT2D eigenvalue weighted by atomic mass is 16.3. The average Bonchev–Trinajstić information content (AvgIpc) is 3.01. The highest BCUT2D eigenvalue weighted by Gasteiger charge is 2.50. The second-order valence-corrected chi connectivity index (χ2v) is 10.7. The number of aromatic hydroxyl groups is 1. The van der Waals surface area contributed by atoms with Crippen LogP contribution in [0.1, 0.15) is 19.4 Å². The summed E-state index contributed by atoms with van der Waals surface area (Å²) >= 11 is 0. The maximum atomic E-state index is 14.2. The summed E-state index contributed by atoms with van der Waals surface area (Å²) in [6.07, 6.45) is -0.772. The van der Waals surface area contributed by atoms with Crippen LogP contribution >= 0.6 is 0 Å². The van der Waals surface area contributed by atoms with E-state index in [1.165, 1.54) is 22.0 Å². The van der Waals surface area contributed by atoms with Crippen LogP contribution in [-0.2, 0) is 29.1 Å². The summed E-state index contributed by atoms with van der Waals surface area (Å²) in [6, 6.07) is 24.3. The molecular weight excluding hydrogens is 530 g/mol. The second kappa shape index (κ2) is 11.5. The van der Waals surface area contributed by atoms with Gasteiger partial charge in [-0.3, -0.25) is 9.59 Å². The lowest BCUT2D eigenvalue weighted by Crippen LogP contribution is -2.76. The number of phenols is 1. The van der Waals surface area contributed by atoms with Gasteiger partial charge < -0.3 is 20.2 Å². The normalized spacial score (nSPS) is 19.9. The summed E-state index contributed by atoms with van der Waals surface area (Å²) in [5.74, 6) is -1.04. The van der Waals surface area contributed by atoms with E-state index in [2.05, 4.69) is 5.32 Å². The second-order valence-electron chi connectivity index (χ2n) is 10.7. The number of fused-ring (bicyclic) bond motifs is 2. The third-order valence-electron chi connectivity index (χ3n) is 7.89. The van der Waals surface area contributed by atoms with Crippen molar-refractivity contribution in [3.8, 4) is 5.75 Å². The molecule has 2 heterocycles. The van der Waals surface area contributed by atoms with E-state index >= 15 is 0 Å². The van der Waals surface area contributed by atoms with E-state index in [1.54, 1.807) is 17.0 Å². The van der Waals surface area contributed by atoms with E-state index in [0.29, 0.717) is 12.1 Å². The number of nitrogens with zero attached hydrogens (tertiary/aromatic N) is 4. The van der Waals surface area contributed by atoms with Gasteiger partial charge in [-0.2, -0.15) is 0 Å². The lowest BCUT2D eigenvalue weighted by Gasteiger charge is -2.54. The molecule has 0 aromatic heterocycles. The van der Waals surface area contributed by atoms with Crippen molar-refractivity contribution in [1.29, 1.82) is 0 Å². The SMILES string of the molecule is [2H]c1cc(C[C@H]2C(=O)N(Cc3cccc4ccccc34)C[C@H]3N2C(=O)CN(C)N3C(=O)NCc2ccccc2)cc([2H])c1O. The van der Waals surface area contributed by atoms with Crippen molar-refractivity contribution >= 4 is 28.6 Å². The number of amides is 4. The largest absolute Gasteiger partial charge is 0.508 e. The smallest absolute Gasteiger partial charge is 0.334 e. The van der Waals surface area contributed by atoms with E-state index in [9.17, 15) is 19.5 Å². The minimum Gasteiger partial charge on any atom is -0.508 e. The molecule has 4 aromatic rings. The Kier molecular flexibility index (Phi) is 6.83. The van der Waals surface area contributed by atoms with Crippen molar-refractivity contribution in [3.05, 3.63) is 114 Å². The summed E-state index contributed by atoms with van der Waals surface area (Å²) in [6.45, 7) is 0.544. The fourth-order valence-corrected chi connectivity index (χ4v) is 5.88. The molecule has 2 aliphatic rings. The number of hydrogen-bond acceptors (Lipinski definition) is 5. The first-order valence-electron chi connectivity index (χ1n) is 14.9. The lowest BCUT2D eigenvalue weighted by molar-refractivity contribution is -0.187. The predicted molar refractivity (Wildman–Crippen MR) is 159 cm³/mol. The highest BCUT2D eigenvalue weighted by molar-refractivity contribution is 5.92. The molecule has 0 radical (unpaired) electrons. The van der Waals surface area contributed by atoms with Crippen LogP contribution in [0.5, 0.6) is 5.75 Å². The number of piperazine rings is 1. The molecule has 4 amide bonds. The standard InChI is InChI=1S/C33H33N5O4/c1-35-22-31(40)37-29(18-23-14-16-27(39)17-15-23)32(41)36(20-26-12-7-11-25-10-5-6-13-28(25)26)21-30(37)38(35)33(42)34-19-24-8-3-2-4-9-24/h2-17,29-30,39H,18-22H2,1H3,(H,34,42)/t29-,30-/m0/s1/i16D,17D. The van der Waals surface area contributed by atoms with E-state index < -0.39 is 24.0 Å². The molecule has 9 heteroatoms. The molecule has 42 heavy (non-hydrogen) atoms. The molecule has 2 fully saturated rings. The van der Waals surface area contributed by atoms with Gasteiger partial charge in [-0.05, 0) is 39.5 Å². The first-order valence-corrected chi connectivity index (χ1v) is 13.9. The summed E-state index contributed by atoms with van der Waals surface area (Å²) in [7, 11) is 1.68. The van der Waals surface area contributed by atoms with Crippen molar-refractivity contribution < 1.29 is 22.2 Å². The molecule has 0 spiro atoms. The number of hydrazine groups is 1. The van der Waals surface area contributed by atoms with E-state index in [1.807, 2.05) is 72.8 Å². The number of likely N-dealkylation sites (N-methyl/N-ethyl adjacent to an activating group) is 1. The molecule has 2 saturated heterocycles. The van der Waals surface area contributed by atoms with Gasteiger partial charge >= 0.3 is 6.03 Å². The first kappa shape index (κ1) is 24.9. The van der Waals surface area contributed by atoms with Crippen LogP contribution in [0, 0.1) is 0 Å². The number of rotatable bonds is 6. The molecule has 214 valence electrons. The monoisotopic (exact) mass is 565 g/mol. The van der Waals surface area contributed by atoms with Gasteiger partial charge in [-0.25, -0.2) is 14.8 Å². The quantitative estimate of drug-likeness (QED) is 0.372. The fourth-order valence-electron chi connectivity index (χ4n) is 5.88. The van der Waals surface area contributed by atoms with Gasteiger partial charge in [-0.1, -0.05) is 84.9 Å². The molecule has 6 rings (SSSR count). The Labute approximate surface area is 247 Å². The number of carbonyl (C=O) groups is 3. The first-order chi connectivity index (χ1) is 21.2. The molecule has 2 N–H and O–H groups in total. The third-order valence-corrected chi connectivity index (χ3v) is 7.89. The molecular formula is C33H33N5O4. The highest BCUT2D eigenvalue weighted by Crippen LogP contribution is 2.30. The van der Waals surface area contributed by atoms with Gasteiger partial charge in [0.25, 0.3) is 0 Å². The molecule has 2 atom stereocenters. The van der Waals surface area contributed by atoms with Crippen molar-refractivity contribution in [1.82, 2.24) is 25.1 Å². The number of phenolic OH excluding ortho intramolecular Hbond substituents is 1. The molecule has 2 aliphatic heterocycles. The Balaban J connectivity index is 1.36. The van der Waals surface area contributed by atoms with Gasteiger partial charge in [0.2, 0.25) is 11.8 Å². The van der Waals surface area contributed by atoms with Crippen molar-refractivity contribution in [2.75, 3.05) is 20.1 Å². The topological polar surface area (TPSA) is 96.4 Å². The summed E-state index contributed by atoms with van der Waals surface area (Å²) in [4.78, 5) is 44.7. The van der Waals surface area contributed by atoms with Crippen LogP contribution in [0.15, 0.2) is 97.0 Å². The Morgan fingerprint density at radius 2 is 1.67 bits per heavy atom. The van der Waals surface area contributed by atoms with Crippen molar-refractivity contribution in [2.45, 2.75) is 31.7 Å². The fraction of sp³-hybridized carbons (Fsp3) is 0.242. The number of urea groups is 1. The van der Waals surface area contributed by atoms with Gasteiger partial charge in [-0.15, -0.1) is 0 Å². The minimum atomic E-state index is -0.988. The Bertz CT molecular complexity index is 1710. The Morgan fingerprint density at radius 1 is 0.952 bits per heavy atom. The van der Waals surface area contributed by atoms with E-state index in [4.69, 9.17) is 2.74 Å². The van der Waals surface area contributed by atoms with Gasteiger partial charge in [0.1, 0.15) is 18.0 Å². The summed E-state index contributed by atoms with van der Waals surface area (Å²) in [5.41, 5.74) is 2.33. The zero-order chi connectivity index (χ0) is 31.0. The van der Waals surface area contributed by atoms with Crippen LogP contribution in [0.2, 0.25) is 0 Å². The number of carbonyl (C=O) groups excluding carboxylic acids is 3. The van der Waals surface area contributed by atoms with Crippen LogP contribution in [0.3, 0.4) is 0 Å². The number of benzene rings is 4. The molecule has 9 nitrogen and oxygen atoms in total. The van der Waals surface area contributed by atoms with Gasteiger partial charge in [0, 0.05) is 26.6 Å². The maximum Gasteiger partial charge on any atom is 0.334 e. The van der Waals surface area contributed by atoms with Crippen molar-refractivity contribution in [2.24, 2.45) is 0 Å². The lowest BCUT2D eigenvalue weighted by atomic mass is 9.97. The van der Waals surface area contributed by atoms with Crippen LogP contribution < -0.4 is 5.32 Å². The predicted octanol–water partition coefficient (Wildman–Crippen LogP) is 3.73. The molecule has 0 bridgehead atoms.